The highest BCUT2D eigenvalue weighted by atomic mass is 16.3. The van der Waals surface area contributed by atoms with Crippen LogP contribution in [0.3, 0.4) is 0 Å². The lowest BCUT2D eigenvalue weighted by atomic mass is 9.79. The molecule has 7 aromatic carbocycles. The Balaban J connectivity index is 1.07. The van der Waals surface area contributed by atoms with Crippen molar-refractivity contribution >= 4 is 49.8 Å². The average molecular weight is 700 g/mol. The molecule has 0 saturated heterocycles. The van der Waals surface area contributed by atoms with E-state index in [1.165, 1.54) is 104 Å². The molecule has 54 heavy (non-hydrogen) atoms. The first-order valence-electron chi connectivity index (χ1n) is 20.0. The Bertz CT molecular complexity index is 2810. The summed E-state index contributed by atoms with van der Waals surface area (Å²) in [5, 5.41) is 5.02. The summed E-state index contributed by atoms with van der Waals surface area (Å²) in [6, 6.07) is 50.1. The molecule has 11 rings (SSSR count). The Hall–Kier alpha value is -5.60. The molecule has 0 spiro atoms. The molecule has 0 amide bonds. The maximum absolute atomic E-state index is 7.05. The molecule has 0 aliphatic heterocycles. The Labute approximate surface area is 318 Å². The summed E-state index contributed by atoms with van der Waals surface area (Å²) in [4.78, 5) is 2.41. The second-order valence-electron chi connectivity index (χ2n) is 17.2. The van der Waals surface area contributed by atoms with Crippen molar-refractivity contribution in [3.05, 3.63) is 161 Å². The van der Waals surface area contributed by atoms with Crippen molar-refractivity contribution in [3.8, 4) is 22.3 Å². The van der Waals surface area contributed by atoms with Gasteiger partial charge >= 0.3 is 0 Å². The van der Waals surface area contributed by atoms with Crippen molar-refractivity contribution in [1.29, 1.82) is 0 Å². The van der Waals surface area contributed by atoms with Crippen molar-refractivity contribution in [2.75, 3.05) is 4.90 Å². The van der Waals surface area contributed by atoms with Crippen LogP contribution in [-0.4, -0.2) is 0 Å². The SMILES string of the molecule is CC1(C)c2cc(N(c3ccccc3)c3cccc4c3oc3c(C5CCCCC5)cccc34)ccc2-c2cc3c(cc21)-c1cc2ccccc2cc1C3(C)C. The van der Waals surface area contributed by atoms with Crippen molar-refractivity contribution in [2.24, 2.45) is 0 Å². The number of rotatable bonds is 4. The van der Waals surface area contributed by atoms with Gasteiger partial charge in [-0.1, -0.05) is 126 Å². The minimum Gasteiger partial charge on any atom is -0.454 e. The van der Waals surface area contributed by atoms with E-state index in [2.05, 4.69) is 166 Å². The summed E-state index contributed by atoms with van der Waals surface area (Å²) in [6.07, 6.45) is 6.44. The van der Waals surface area contributed by atoms with E-state index in [1.54, 1.807) is 0 Å². The molecular formula is C52H45NO. The maximum atomic E-state index is 7.05. The lowest BCUT2D eigenvalue weighted by Gasteiger charge is -2.28. The quantitative estimate of drug-likeness (QED) is 0.182. The van der Waals surface area contributed by atoms with Gasteiger partial charge in [0, 0.05) is 33.0 Å². The first-order valence-corrected chi connectivity index (χ1v) is 20.0. The molecule has 2 heteroatoms. The number of hydrogen-bond donors (Lipinski definition) is 0. The highest BCUT2D eigenvalue weighted by molar-refractivity contribution is 6.11. The molecule has 3 aliphatic rings. The molecule has 0 radical (unpaired) electrons. The first kappa shape index (κ1) is 31.9. The van der Waals surface area contributed by atoms with E-state index in [4.69, 9.17) is 4.42 Å². The monoisotopic (exact) mass is 699 g/mol. The van der Waals surface area contributed by atoms with Gasteiger partial charge in [0.1, 0.15) is 5.58 Å². The van der Waals surface area contributed by atoms with Gasteiger partial charge in [-0.3, -0.25) is 0 Å². The summed E-state index contributed by atoms with van der Waals surface area (Å²) < 4.78 is 7.05. The molecule has 1 aromatic heterocycles. The van der Waals surface area contributed by atoms with Crippen LogP contribution in [0.25, 0.3) is 55.0 Å². The number of fused-ring (bicyclic) bond motifs is 10. The smallest absolute Gasteiger partial charge is 0.159 e. The topological polar surface area (TPSA) is 16.4 Å². The summed E-state index contributed by atoms with van der Waals surface area (Å²) in [7, 11) is 0. The predicted molar refractivity (Wildman–Crippen MR) is 227 cm³/mol. The van der Waals surface area contributed by atoms with Crippen molar-refractivity contribution < 1.29 is 4.42 Å². The van der Waals surface area contributed by atoms with Gasteiger partial charge in [0.15, 0.2) is 5.58 Å². The summed E-state index contributed by atoms with van der Waals surface area (Å²) in [5.74, 6) is 0.567. The lowest BCUT2D eigenvalue weighted by molar-refractivity contribution is 0.442. The van der Waals surface area contributed by atoms with Gasteiger partial charge in [-0.2, -0.15) is 0 Å². The molecule has 0 atom stereocenters. The highest BCUT2D eigenvalue weighted by Gasteiger charge is 2.42. The van der Waals surface area contributed by atoms with Crippen LogP contribution >= 0.6 is 0 Å². The van der Waals surface area contributed by atoms with Crippen LogP contribution in [0, 0.1) is 0 Å². The summed E-state index contributed by atoms with van der Waals surface area (Å²) in [6.45, 7) is 9.62. The predicted octanol–water partition coefficient (Wildman–Crippen LogP) is 14.9. The fourth-order valence-electron chi connectivity index (χ4n) is 10.5. The normalized spacial score (nSPS) is 16.7. The Morgan fingerprint density at radius 3 is 1.81 bits per heavy atom. The fraction of sp³-hybridized carbons (Fsp3) is 0.231. The van der Waals surface area contributed by atoms with E-state index in [0.717, 1.165) is 28.2 Å². The van der Waals surface area contributed by atoms with Crippen LogP contribution in [-0.2, 0) is 10.8 Å². The standard InChI is InChI=1S/C52H45NO/c1-51(2)44-28-34-18-12-11-17-33(34)27-41(44)43-31-46-42(30-47(43)51)38-26-25-36(29-45(38)52(46,3)4)53(35-19-9-6-10-20-35)48-24-14-23-40-39-22-13-21-37(49(39)54-50(40)48)32-15-7-5-8-16-32/h6,9-14,17-32H,5,7-8,15-16H2,1-4H3. The zero-order valence-corrected chi connectivity index (χ0v) is 31.7. The molecule has 264 valence electrons. The Morgan fingerprint density at radius 2 is 1.07 bits per heavy atom. The Morgan fingerprint density at radius 1 is 0.481 bits per heavy atom. The second kappa shape index (κ2) is 11.5. The molecule has 8 aromatic rings. The van der Waals surface area contributed by atoms with E-state index >= 15 is 0 Å². The summed E-state index contributed by atoms with van der Waals surface area (Å²) in [5.41, 5.74) is 17.6. The minimum absolute atomic E-state index is 0.0806. The number of anilines is 3. The van der Waals surface area contributed by atoms with Crippen molar-refractivity contribution in [1.82, 2.24) is 0 Å². The van der Waals surface area contributed by atoms with Crippen LogP contribution in [0.15, 0.2) is 138 Å². The minimum atomic E-state index is -0.178. The van der Waals surface area contributed by atoms with Gasteiger partial charge in [0.2, 0.25) is 0 Å². The second-order valence-corrected chi connectivity index (χ2v) is 17.2. The highest BCUT2D eigenvalue weighted by Crippen LogP contribution is 2.57. The van der Waals surface area contributed by atoms with Crippen LogP contribution in [0.4, 0.5) is 17.1 Å². The van der Waals surface area contributed by atoms with E-state index < -0.39 is 0 Å². The number of furan rings is 1. The van der Waals surface area contributed by atoms with E-state index in [-0.39, 0.29) is 10.8 Å². The molecule has 1 saturated carbocycles. The third-order valence-electron chi connectivity index (χ3n) is 13.4. The molecule has 1 heterocycles. The molecule has 0 N–H and O–H groups in total. The van der Waals surface area contributed by atoms with Gasteiger partial charge in [-0.25, -0.2) is 0 Å². The van der Waals surface area contributed by atoms with Crippen molar-refractivity contribution in [2.45, 2.75) is 76.5 Å². The van der Waals surface area contributed by atoms with Crippen LogP contribution in [0.2, 0.25) is 0 Å². The van der Waals surface area contributed by atoms with Crippen LogP contribution in [0.1, 0.15) is 93.5 Å². The number of hydrogen-bond acceptors (Lipinski definition) is 2. The molecule has 1 fully saturated rings. The molecule has 0 unspecified atom stereocenters. The number of para-hydroxylation sites is 3. The van der Waals surface area contributed by atoms with Gasteiger partial charge in [0.05, 0.1) is 5.69 Å². The molecule has 3 aliphatic carbocycles. The largest absolute Gasteiger partial charge is 0.454 e. The molecular weight excluding hydrogens is 655 g/mol. The third kappa shape index (κ3) is 4.46. The van der Waals surface area contributed by atoms with Gasteiger partial charge < -0.3 is 9.32 Å². The zero-order valence-electron chi connectivity index (χ0n) is 31.7. The fourth-order valence-corrected chi connectivity index (χ4v) is 10.5. The number of nitrogens with zero attached hydrogens (tertiary/aromatic N) is 1. The van der Waals surface area contributed by atoms with E-state index in [0.29, 0.717) is 5.92 Å². The first-order chi connectivity index (χ1) is 26.3. The summed E-state index contributed by atoms with van der Waals surface area (Å²) >= 11 is 0. The van der Waals surface area contributed by atoms with Gasteiger partial charge in [0.25, 0.3) is 0 Å². The third-order valence-corrected chi connectivity index (χ3v) is 13.4. The Kier molecular flexibility index (Phi) is 6.76. The molecule has 2 nitrogen and oxygen atoms in total. The van der Waals surface area contributed by atoms with Crippen LogP contribution < -0.4 is 4.90 Å². The van der Waals surface area contributed by atoms with E-state index in [1.807, 2.05) is 0 Å². The van der Waals surface area contributed by atoms with Crippen molar-refractivity contribution in [3.63, 3.8) is 0 Å². The van der Waals surface area contributed by atoms with Gasteiger partial charge in [-0.15, -0.1) is 0 Å². The van der Waals surface area contributed by atoms with E-state index in [9.17, 15) is 0 Å². The lowest BCUT2D eigenvalue weighted by Crippen LogP contribution is -2.17. The maximum Gasteiger partial charge on any atom is 0.159 e. The number of benzene rings is 7. The van der Waals surface area contributed by atoms with Gasteiger partial charge in [-0.05, 0) is 134 Å². The molecule has 0 bridgehead atoms. The zero-order chi connectivity index (χ0) is 36.3. The van der Waals surface area contributed by atoms with Crippen LogP contribution in [0.5, 0.6) is 0 Å². The average Bonchev–Trinajstić information content (AvgIpc) is 3.77.